The van der Waals surface area contributed by atoms with Crippen LogP contribution in [0.3, 0.4) is 0 Å². The highest BCUT2D eigenvalue weighted by Gasteiger charge is 2.28. The first kappa shape index (κ1) is 21.8. The summed E-state index contributed by atoms with van der Waals surface area (Å²) in [5, 5.41) is 10.3. The van der Waals surface area contributed by atoms with Crippen molar-refractivity contribution in [2.45, 2.75) is 0 Å². The Morgan fingerprint density at radius 3 is 1.56 bits per heavy atom. The molecule has 4 aromatic heterocycles. The summed E-state index contributed by atoms with van der Waals surface area (Å²) in [6.45, 7) is 0. The Morgan fingerprint density at radius 1 is 0.395 bits per heavy atom. The zero-order chi connectivity index (χ0) is 27.8. The lowest BCUT2D eigenvalue weighted by Gasteiger charge is -2.12. The molecular weight excluding hydrogens is 526 g/mol. The van der Waals surface area contributed by atoms with Crippen LogP contribution in [-0.4, -0.2) is 23.7 Å². The third kappa shape index (κ3) is 2.51. The molecule has 4 heterocycles. The molecule has 0 radical (unpaired) electrons. The fourth-order valence-electron chi connectivity index (χ4n) is 7.75. The van der Waals surface area contributed by atoms with E-state index in [0.29, 0.717) is 0 Å². The highest BCUT2D eigenvalue weighted by molar-refractivity contribution is 6.45. The second-order valence-electron chi connectivity index (χ2n) is 11.5. The van der Waals surface area contributed by atoms with E-state index in [1.807, 2.05) is 12.3 Å². The number of pyridine rings is 1. The Kier molecular flexibility index (Phi) is 3.78. The maximum Gasteiger partial charge on any atom is 0.220 e. The average Bonchev–Trinajstić information content (AvgIpc) is 3.73. The Balaban J connectivity index is 1.39. The van der Waals surface area contributed by atoms with Gasteiger partial charge in [-0.2, -0.15) is 0 Å². The first-order valence-corrected chi connectivity index (χ1v) is 14.6. The molecule has 11 rings (SSSR count). The van der Waals surface area contributed by atoms with Crippen LogP contribution in [0.2, 0.25) is 0 Å². The molecule has 5 nitrogen and oxygen atoms in total. The van der Waals surface area contributed by atoms with Gasteiger partial charge in [-0.1, -0.05) is 60.7 Å². The zero-order valence-corrected chi connectivity index (χ0v) is 22.9. The van der Waals surface area contributed by atoms with Crippen molar-refractivity contribution < 1.29 is 0 Å². The SMILES string of the molecule is c1ccc(-n2c(-n3c4ccc5ccc6c7c5c4c4c5c(ccc(c57)n6-c5ccccn5)ccc43)nc3ccccc32)cc1. The van der Waals surface area contributed by atoms with Gasteiger partial charge in [0.2, 0.25) is 5.95 Å². The first-order chi connectivity index (χ1) is 21.4. The predicted octanol–water partition coefficient (Wildman–Crippen LogP) is 9.23. The van der Waals surface area contributed by atoms with Crippen LogP contribution in [0.1, 0.15) is 0 Å². The minimum Gasteiger partial charge on any atom is -0.294 e. The predicted molar refractivity (Wildman–Crippen MR) is 176 cm³/mol. The molecule has 0 amide bonds. The van der Waals surface area contributed by atoms with Crippen LogP contribution in [0, 0.1) is 0 Å². The van der Waals surface area contributed by atoms with Gasteiger partial charge in [-0.25, -0.2) is 9.97 Å². The van der Waals surface area contributed by atoms with E-state index in [2.05, 4.69) is 129 Å². The van der Waals surface area contributed by atoms with Gasteiger partial charge in [0.05, 0.1) is 33.1 Å². The van der Waals surface area contributed by atoms with Gasteiger partial charge in [-0.15, -0.1) is 0 Å². The molecule has 0 saturated carbocycles. The van der Waals surface area contributed by atoms with Crippen molar-refractivity contribution in [1.82, 2.24) is 23.7 Å². The molecule has 0 saturated heterocycles. The number of aromatic nitrogens is 5. The summed E-state index contributed by atoms with van der Waals surface area (Å²) >= 11 is 0. The van der Waals surface area contributed by atoms with Crippen LogP contribution in [0.25, 0.3) is 93.6 Å². The molecule has 0 aliphatic rings. The summed E-state index contributed by atoms with van der Waals surface area (Å²) in [6.07, 6.45) is 1.88. The molecule has 5 heteroatoms. The van der Waals surface area contributed by atoms with Gasteiger partial charge in [0.1, 0.15) is 5.82 Å². The third-order valence-corrected chi connectivity index (χ3v) is 9.38. The quantitative estimate of drug-likeness (QED) is 0.163. The van der Waals surface area contributed by atoms with Gasteiger partial charge in [-0.05, 0) is 71.4 Å². The normalized spacial score (nSPS) is 12.7. The van der Waals surface area contributed by atoms with Gasteiger partial charge in [0, 0.05) is 44.2 Å². The first-order valence-electron chi connectivity index (χ1n) is 14.6. The minimum atomic E-state index is 0.899. The monoisotopic (exact) mass is 547 g/mol. The van der Waals surface area contributed by atoms with E-state index < -0.39 is 0 Å². The Labute approximate surface area is 244 Å². The fourth-order valence-corrected chi connectivity index (χ4v) is 7.75. The highest BCUT2D eigenvalue weighted by Crippen LogP contribution is 2.51. The standard InChI is InChI=1S/C38H21N5/c1-2-8-24(9-3-1)41-26-11-5-4-10-25(26)40-38(41)43-29-19-15-22-13-17-27-34-32(22)36(29)37-30(43)20-16-23-14-18-28(35(34)33(23)37)42(27)31-12-6-7-21-39-31/h1-21H. The second kappa shape index (κ2) is 7.46. The van der Waals surface area contributed by atoms with Gasteiger partial charge < -0.3 is 0 Å². The fraction of sp³-hybridized carbons (Fsp3) is 0. The van der Waals surface area contributed by atoms with Crippen LogP contribution in [-0.2, 0) is 0 Å². The maximum absolute atomic E-state index is 5.30. The van der Waals surface area contributed by atoms with Gasteiger partial charge in [-0.3, -0.25) is 13.7 Å². The number of nitrogens with zero attached hydrogens (tertiary/aromatic N) is 5. The molecule has 0 N–H and O–H groups in total. The molecule has 43 heavy (non-hydrogen) atoms. The summed E-state index contributed by atoms with van der Waals surface area (Å²) < 4.78 is 7.01. The molecular formula is C38H21N5. The Hall–Kier alpha value is -5.94. The zero-order valence-electron chi connectivity index (χ0n) is 22.9. The van der Waals surface area contributed by atoms with E-state index in [0.717, 1.165) is 28.5 Å². The van der Waals surface area contributed by atoms with Crippen LogP contribution in [0.5, 0.6) is 0 Å². The molecule has 0 fully saturated rings. The van der Waals surface area contributed by atoms with E-state index in [4.69, 9.17) is 9.97 Å². The number of fused-ring (bicyclic) bond motifs is 1. The minimum absolute atomic E-state index is 0.899. The van der Waals surface area contributed by atoms with Crippen LogP contribution >= 0.6 is 0 Å². The molecule has 0 aliphatic carbocycles. The van der Waals surface area contributed by atoms with Crippen molar-refractivity contribution in [3.63, 3.8) is 0 Å². The van der Waals surface area contributed by atoms with Crippen molar-refractivity contribution in [1.29, 1.82) is 0 Å². The van der Waals surface area contributed by atoms with Gasteiger partial charge in [0.15, 0.2) is 0 Å². The lowest BCUT2D eigenvalue weighted by atomic mass is 9.90. The molecule has 0 bridgehead atoms. The van der Waals surface area contributed by atoms with Crippen molar-refractivity contribution in [3.8, 4) is 17.5 Å². The summed E-state index contributed by atoms with van der Waals surface area (Å²) in [5.41, 5.74) is 7.88. The van der Waals surface area contributed by atoms with Gasteiger partial charge in [0.25, 0.3) is 0 Å². The molecule has 0 spiro atoms. The van der Waals surface area contributed by atoms with Gasteiger partial charge >= 0.3 is 0 Å². The van der Waals surface area contributed by atoms with E-state index >= 15 is 0 Å². The largest absolute Gasteiger partial charge is 0.294 e. The van der Waals surface area contributed by atoms with Crippen LogP contribution in [0.15, 0.2) is 128 Å². The summed E-state index contributed by atoms with van der Waals surface area (Å²) in [6, 6.07) is 43.3. The number of para-hydroxylation sites is 3. The highest BCUT2D eigenvalue weighted by atomic mass is 15.2. The number of rotatable bonds is 3. The molecule has 0 atom stereocenters. The number of benzene rings is 7. The number of hydrogen-bond donors (Lipinski definition) is 0. The van der Waals surface area contributed by atoms with E-state index in [1.165, 1.54) is 65.2 Å². The van der Waals surface area contributed by atoms with Crippen LogP contribution in [0.4, 0.5) is 0 Å². The maximum atomic E-state index is 5.30. The second-order valence-corrected chi connectivity index (χ2v) is 11.5. The molecule has 11 aromatic rings. The molecule has 0 unspecified atom stereocenters. The summed E-state index contributed by atoms with van der Waals surface area (Å²) in [7, 11) is 0. The van der Waals surface area contributed by atoms with E-state index in [1.54, 1.807) is 0 Å². The summed E-state index contributed by atoms with van der Waals surface area (Å²) in [5.74, 6) is 1.84. The lowest BCUT2D eigenvalue weighted by molar-refractivity contribution is 0.956. The topological polar surface area (TPSA) is 40.6 Å². The average molecular weight is 548 g/mol. The number of imidazole rings is 1. The number of hydrogen-bond acceptors (Lipinski definition) is 2. The summed E-state index contributed by atoms with van der Waals surface area (Å²) in [4.78, 5) is 10.1. The van der Waals surface area contributed by atoms with Crippen molar-refractivity contribution in [2.75, 3.05) is 0 Å². The Bertz CT molecular complexity index is 2700. The molecule has 0 aliphatic heterocycles. The molecule has 7 aromatic carbocycles. The lowest BCUT2D eigenvalue weighted by Crippen LogP contribution is -2.05. The third-order valence-electron chi connectivity index (χ3n) is 9.38. The molecule has 198 valence electrons. The van der Waals surface area contributed by atoms with E-state index in [9.17, 15) is 0 Å². The van der Waals surface area contributed by atoms with Crippen molar-refractivity contribution in [3.05, 3.63) is 128 Å². The van der Waals surface area contributed by atoms with Crippen molar-refractivity contribution >= 4 is 76.2 Å². The Morgan fingerprint density at radius 2 is 0.953 bits per heavy atom. The van der Waals surface area contributed by atoms with E-state index in [-0.39, 0.29) is 0 Å². The van der Waals surface area contributed by atoms with Crippen molar-refractivity contribution in [2.24, 2.45) is 0 Å². The van der Waals surface area contributed by atoms with Crippen LogP contribution < -0.4 is 0 Å². The smallest absolute Gasteiger partial charge is 0.220 e.